The highest BCUT2D eigenvalue weighted by atomic mass is 32.2. The summed E-state index contributed by atoms with van der Waals surface area (Å²) in [5, 5.41) is 0.383. The second kappa shape index (κ2) is 9.33. The Bertz CT molecular complexity index is 660. The maximum absolute atomic E-state index is 2.58. The zero-order chi connectivity index (χ0) is 18.4. The molecule has 0 amide bonds. The molecule has 1 atom stereocenters. The lowest BCUT2D eigenvalue weighted by atomic mass is 10.2. The minimum atomic E-state index is 0.383. The molecule has 2 aliphatic heterocycles. The zero-order valence-electron chi connectivity index (χ0n) is 16.3. The van der Waals surface area contributed by atoms with Crippen molar-refractivity contribution in [3.05, 3.63) is 60.5 Å². The standard InChI is InChI=1S/C22H31N3S/c1-4-24(5-2)14-8-9-15-25-20-10-6-7-11-21(20)26-22(25)18-19-12-16-23(3)17-13-19/h6-7,10-13,16-18,22H,4-5,8-9,14-15H2,1-3H3. The van der Waals surface area contributed by atoms with Crippen LogP contribution in [0.5, 0.6) is 0 Å². The minimum absolute atomic E-state index is 0.383. The maximum atomic E-state index is 2.58. The van der Waals surface area contributed by atoms with Crippen molar-refractivity contribution < 1.29 is 0 Å². The van der Waals surface area contributed by atoms with Crippen LogP contribution in [0, 0.1) is 0 Å². The molecule has 0 aromatic heterocycles. The third kappa shape index (κ3) is 4.74. The predicted molar refractivity (Wildman–Crippen MR) is 115 cm³/mol. The topological polar surface area (TPSA) is 9.72 Å². The van der Waals surface area contributed by atoms with Crippen LogP contribution in [0.2, 0.25) is 0 Å². The Morgan fingerprint density at radius 3 is 2.54 bits per heavy atom. The van der Waals surface area contributed by atoms with E-state index in [9.17, 15) is 0 Å². The Labute approximate surface area is 163 Å². The second-order valence-corrected chi connectivity index (χ2v) is 8.03. The molecule has 0 radical (unpaired) electrons. The highest BCUT2D eigenvalue weighted by Crippen LogP contribution is 2.44. The largest absolute Gasteiger partial charge is 0.357 e. The van der Waals surface area contributed by atoms with Crippen LogP contribution in [-0.4, -0.2) is 48.4 Å². The van der Waals surface area contributed by atoms with Crippen molar-refractivity contribution in [3.63, 3.8) is 0 Å². The summed E-state index contributed by atoms with van der Waals surface area (Å²) in [7, 11) is 2.06. The van der Waals surface area contributed by atoms with Gasteiger partial charge in [-0.15, -0.1) is 0 Å². The molecule has 3 rings (SSSR count). The van der Waals surface area contributed by atoms with E-state index < -0.39 is 0 Å². The fourth-order valence-electron chi connectivity index (χ4n) is 3.44. The first-order valence-electron chi connectivity index (χ1n) is 9.76. The molecule has 26 heavy (non-hydrogen) atoms. The summed E-state index contributed by atoms with van der Waals surface area (Å²) in [4.78, 5) is 8.58. The molecule has 0 N–H and O–H groups in total. The van der Waals surface area contributed by atoms with Gasteiger partial charge in [0, 0.05) is 30.9 Å². The van der Waals surface area contributed by atoms with Gasteiger partial charge < -0.3 is 14.7 Å². The lowest BCUT2D eigenvalue weighted by Gasteiger charge is -2.26. The average molecular weight is 370 g/mol. The molecule has 0 saturated heterocycles. The van der Waals surface area contributed by atoms with Crippen LogP contribution < -0.4 is 4.90 Å². The van der Waals surface area contributed by atoms with Crippen LogP contribution >= 0.6 is 11.8 Å². The van der Waals surface area contributed by atoms with Crippen LogP contribution in [-0.2, 0) is 0 Å². The Balaban J connectivity index is 1.66. The van der Waals surface area contributed by atoms with Crippen molar-refractivity contribution in [1.82, 2.24) is 9.80 Å². The molecular formula is C22H31N3S. The molecule has 1 aromatic carbocycles. The summed E-state index contributed by atoms with van der Waals surface area (Å²) < 4.78 is 0. The lowest BCUT2D eigenvalue weighted by Crippen LogP contribution is -2.30. The van der Waals surface area contributed by atoms with Crippen molar-refractivity contribution >= 4 is 17.4 Å². The van der Waals surface area contributed by atoms with Gasteiger partial charge in [0.2, 0.25) is 0 Å². The Hall–Kier alpha value is -1.65. The maximum Gasteiger partial charge on any atom is 0.0991 e. The van der Waals surface area contributed by atoms with Crippen molar-refractivity contribution in [2.45, 2.75) is 37.0 Å². The van der Waals surface area contributed by atoms with E-state index >= 15 is 0 Å². The SMILES string of the molecule is CCN(CC)CCCCN1c2ccccc2SC1C=C1C=CN(C)C=C1. The van der Waals surface area contributed by atoms with Gasteiger partial charge in [-0.3, -0.25) is 0 Å². The molecule has 4 heteroatoms. The fraction of sp³-hybridized carbons (Fsp3) is 0.455. The summed E-state index contributed by atoms with van der Waals surface area (Å²) >= 11 is 1.97. The number of allylic oxidation sites excluding steroid dienone is 3. The van der Waals surface area contributed by atoms with E-state index in [0.29, 0.717) is 5.37 Å². The Kier molecular flexibility index (Phi) is 6.86. The summed E-state index contributed by atoms with van der Waals surface area (Å²) in [5.74, 6) is 0. The van der Waals surface area contributed by atoms with E-state index in [1.165, 1.54) is 35.5 Å². The predicted octanol–water partition coefficient (Wildman–Crippen LogP) is 4.95. The first-order chi connectivity index (χ1) is 12.7. The van der Waals surface area contributed by atoms with E-state index in [0.717, 1.165) is 19.6 Å². The van der Waals surface area contributed by atoms with Crippen molar-refractivity contribution in [3.8, 4) is 0 Å². The molecule has 0 aliphatic carbocycles. The molecule has 3 nitrogen and oxygen atoms in total. The zero-order valence-corrected chi connectivity index (χ0v) is 17.1. The highest BCUT2D eigenvalue weighted by Gasteiger charge is 2.28. The third-order valence-electron chi connectivity index (χ3n) is 5.09. The van der Waals surface area contributed by atoms with Gasteiger partial charge in [0.15, 0.2) is 0 Å². The number of para-hydroxylation sites is 1. The Morgan fingerprint density at radius 2 is 1.81 bits per heavy atom. The smallest absolute Gasteiger partial charge is 0.0991 e. The summed E-state index contributed by atoms with van der Waals surface area (Å²) in [6, 6.07) is 8.83. The molecule has 0 saturated carbocycles. The molecule has 2 heterocycles. The number of unbranched alkanes of at least 4 members (excludes halogenated alkanes) is 1. The van der Waals surface area contributed by atoms with Gasteiger partial charge in [-0.25, -0.2) is 0 Å². The van der Waals surface area contributed by atoms with E-state index in [4.69, 9.17) is 0 Å². The number of hydrogen-bond acceptors (Lipinski definition) is 4. The number of fused-ring (bicyclic) bond motifs is 1. The Morgan fingerprint density at radius 1 is 1.08 bits per heavy atom. The quantitative estimate of drug-likeness (QED) is 0.600. The van der Waals surface area contributed by atoms with Crippen LogP contribution in [0.3, 0.4) is 0 Å². The van der Waals surface area contributed by atoms with Crippen LogP contribution in [0.25, 0.3) is 0 Å². The first-order valence-corrected chi connectivity index (χ1v) is 10.6. The van der Waals surface area contributed by atoms with E-state index in [-0.39, 0.29) is 0 Å². The third-order valence-corrected chi connectivity index (χ3v) is 6.32. The van der Waals surface area contributed by atoms with Crippen LogP contribution in [0.15, 0.2) is 65.4 Å². The molecule has 0 bridgehead atoms. The van der Waals surface area contributed by atoms with Gasteiger partial charge in [-0.1, -0.05) is 37.7 Å². The average Bonchev–Trinajstić information content (AvgIpc) is 3.01. The number of thioether (sulfide) groups is 1. The normalized spacial score (nSPS) is 18.8. The van der Waals surface area contributed by atoms with Crippen molar-refractivity contribution in [2.24, 2.45) is 0 Å². The van der Waals surface area contributed by atoms with Gasteiger partial charge >= 0.3 is 0 Å². The van der Waals surface area contributed by atoms with E-state index in [2.05, 4.69) is 90.5 Å². The second-order valence-electron chi connectivity index (χ2n) is 6.87. The van der Waals surface area contributed by atoms with Crippen molar-refractivity contribution in [1.29, 1.82) is 0 Å². The number of hydrogen-bond donors (Lipinski definition) is 0. The van der Waals surface area contributed by atoms with Crippen LogP contribution in [0.4, 0.5) is 5.69 Å². The van der Waals surface area contributed by atoms with Crippen molar-refractivity contribution in [2.75, 3.05) is 38.1 Å². The van der Waals surface area contributed by atoms with Gasteiger partial charge in [0.1, 0.15) is 0 Å². The molecule has 0 fully saturated rings. The fourth-order valence-corrected chi connectivity index (χ4v) is 4.74. The molecule has 1 unspecified atom stereocenters. The molecule has 1 aromatic rings. The molecule has 140 valence electrons. The van der Waals surface area contributed by atoms with E-state index in [1.54, 1.807) is 0 Å². The number of rotatable bonds is 8. The monoisotopic (exact) mass is 369 g/mol. The van der Waals surface area contributed by atoms with E-state index in [1.807, 2.05) is 11.8 Å². The number of nitrogens with zero attached hydrogens (tertiary/aromatic N) is 3. The summed E-state index contributed by atoms with van der Waals surface area (Å²) in [5.41, 5.74) is 2.68. The summed E-state index contributed by atoms with van der Waals surface area (Å²) in [6.07, 6.45) is 13.5. The number of anilines is 1. The van der Waals surface area contributed by atoms with Crippen LogP contribution in [0.1, 0.15) is 26.7 Å². The molecular weight excluding hydrogens is 338 g/mol. The van der Waals surface area contributed by atoms with Gasteiger partial charge in [-0.05, 0) is 68.4 Å². The molecule has 2 aliphatic rings. The first kappa shape index (κ1) is 19.1. The lowest BCUT2D eigenvalue weighted by molar-refractivity contribution is 0.297. The highest BCUT2D eigenvalue weighted by molar-refractivity contribution is 8.00. The van der Waals surface area contributed by atoms with Gasteiger partial charge in [0.05, 0.1) is 11.1 Å². The number of benzene rings is 1. The summed E-state index contributed by atoms with van der Waals surface area (Å²) in [6.45, 7) is 9.14. The van der Waals surface area contributed by atoms with Gasteiger partial charge in [0.25, 0.3) is 0 Å². The minimum Gasteiger partial charge on any atom is -0.357 e. The molecule has 0 spiro atoms. The van der Waals surface area contributed by atoms with Gasteiger partial charge in [-0.2, -0.15) is 0 Å².